The largest absolute Gasteiger partial charge is 0.379 e. The summed E-state index contributed by atoms with van der Waals surface area (Å²) in [6, 6.07) is 11.9. The van der Waals surface area contributed by atoms with E-state index in [4.69, 9.17) is 9.72 Å². The highest BCUT2D eigenvalue weighted by molar-refractivity contribution is 7.98. The van der Waals surface area contributed by atoms with Gasteiger partial charge in [0.15, 0.2) is 5.13 Å². The number of thioether (sulfide) groups is 1. The van der Waals surface area contributed by atoms with E-state index in [2.05, 4.69) is 11.0 Å². The number of hydrogen-bond acceptors (Lipinski definition) is 8. The molecule has 1 fully saturated rings. The quantitative estimate of drug-likeness (QED) is 0.274. The number of nitro groups is 1. The van der Waals surface area contributed by atoms with Crippen molar-refractivity contribution in [3.05, 3.63) is 58.1 Å². The molecule has 0 spiro atoms. The van der Waals surface area contributed by atoms with Crippen LogP contribution in [0.15, 0.2) is 47.4 Å². The molecule has 11 heteroatoms. The first-order valence-corrected chi connectivity index (χ1v) is 11.9. The topological polar surface area (TPSA) is 88.8 Å². The van der Waals surface area contributed by atoms with Gasteiger partial charge in [-0.05, 0) is 30.5 Å². The highest BCUT2D eigenvalue weighted by Crippen LogP contribution is 2.32. The molecule has 2 heterocycles. The van der Waals surface area contributed by atoms with Crippen molar-refractivity contribution in [2.45, 2.75) is 4.90 Å². The van der Waals surface area contributed by atoms with Gasteiger partial charge in [-0.3, -0.25) is 24.7 Å². The number of hydrogen-bond donors (Lipinski definition) is 0. The molecule has 0 atom stereocenters. The van der Waals surface area contributed by atoms with Crippen LogP contribution in [0.4, 0.5) is 10.8 Å². The van der Waals surface area contributed by atoms with Gasteiger partial charge in [0.2, 0.25) is 0 Å². The van der Waals surface area contributed by atoms with Gasteiger partial charge in [-0.2, -0.15) is 0 Å². The number of carbonyl (C=O) groups is 1. The first-order valence-electron chi connectivity index (χ1n) is 9.86. The number of anilines is 1. The molecule has 170 valence electrons. The van der Waals surface area contributed by atoms with Crippen molar-refractivity contribution in [2.75, 3.05) is 50.5 Å². The lowest BCUT2D eigenvalue weighted by atomic mass is 10.2. The second kappa shape index (κ2) is 11.1. The maximum absolute atomic E-state index is 13.4. The van der Waals surface area contributed by atoms with Gasteiger partial charge < -0.3 is 4.74 Å². The van der Waals surface area contributed by atoms with Gasteiger partial charge >= 0.3 is 0 Å². The number of carbonyl (C=O) groups excluding carboxylic acids is 1. The van der Waals surface area contributed by atoms with Gasteiger partial charge in [-0.25, -0.2) is 4.98 Å². The van der Waals surface area contributed by atoms with E-state index >= 15 is 0 Å². The molecule has 1 aliphatic rings. The summed E-state index contributed by atoms with van der Waals surface area (Å²) in [7, 11) is 0. The normalized spacial score (nSPS) is 14.2. The molecule has 1 saturated heterocycles. The lowest BCUT2D eigenvalue weighted by molar-refractivity contribution is -0.384. The van der Waals surface area contributed by atoms with E-state index in [0.717, 1.165) is 28.2 Å². The predicted octanol–water partition coefficient (Wildman–Crippen LogP) is 4.33. The summed E-state index contributed by atoms with van der Waals surface area (Å²) in [6.45, 7) is 4.10. The zero-order valence-electron chi connectivity index (χ0n) is 17.4. The number of amides is 1. The van der Waals surface area contributed by atoms with E-state index in [1.54, 1.807) is 22.7 Å². The molecule has 3 aromatic rings. The first kappa shape index (κ1) is 24.4. The van der Waals surface area contributed by atoms with Crippen LogP contribution in [-0.4, -0.2) is 66.4 Å². The van der Waals surface area contributed by atoms with Crippen molar-refractivity contribution < 1.29 is 14.5 Å². The van der Waals surface area contributed by atoms with E-state index in [0.29, 0.717) is 31.4 Å². The van der Waals surface area contributed by atoms with Gasteiger partial charge in [-0.15, -0.1) is 24.2 Å². The molecule has 0 saturated carbocycles. The molecule has 4 rings (SSSR count). The molecule has 1 aliphatic heterocycles. The minimum absolute atomic E-state index is 0. The monoisotopic (exact) mass is 494 g/mol. The van der Waals surface area contributed by atoms with E-state index in [1.807, 2.05) is 18.4 Å². The highest BCUT2D eigenvalue weighted by Gasteiger charge is 2.24. The van der Waals surface area contributed by atoms with Gasteiger partial charge in [0.05, 0.1) is 28.4 Å². The fourth-order valence-electron chi connectivity index (χ4n) is 3.39. The molecule has 0 unspecified atom stereocenters. The van der Waals surface area contributed by atoms with Crippen LogP contribution in [0.25, 0.3) is 10.2 Å². The highest BCUT2D eigenvalue weighted by atomic mass is 35.5. The Bertz CT molecular complexity index is 1100. The summed E-state index contributed by atoms with van der Waals surface area (Å²) in [6.07, 6.45) is 2.02. The zero-order chi connectivity index (χ0) is 21.8. The summed E-state index contributed by atoms with van der Waals surface area (Å²) in [5, 5.41) is 11.8. The molecule has 32 heavy (non-hydrogen) atoms. The molecule has 8 nitrogen and oxygen atoms in total. The van der Waals surface area contributed by atoms with Gasteiger partial charge in [0.1, 0.15) is 0 Å². The fraction of sp³-hybridized carbons (Fsp3) is 0.333. The second-order valence-corrected chi connectivity index (χ2v) is 8.94. The van der Waals surface area contributed by atoms with E-state index < -0.39 is 4.92 Å². The third-order valence-electron chi connectivity index (χ3n) is 5.11. The zero-order valence-corrected chi connectivity index (χ0v) is 19.9. The van der Waals surface area contributed by atoms with Crippen LogP contribution < -0.4 is 4.90 Å². The standard InChI is InChI=1S/C21H22N4O4S2.ClH/c1-30-17-5-6-18-19(14-17)31-21(22-18)24(8-7-23-9-11-29-12-10-23)20(26)15-3-2-4-16(13-15)25(27)28;/h2-6,13-14H,7-12H2,1H3;1H. The molecule has 2 aromatic carbocycles. The smallest absolute Gasteiger partial charge is 0.270 e. The number of thiazole rings is 1. The van der Waals surface area contributed by atoms with E-state index in [9.17, 15) is 14.9 Å². The Morgan fingerprint density at radius 3 is 2.78 bits per heavy atom. The van der Waals surface area contributed by atoms with Crippen LogP contribution in [-0.2, 0) is 4.74 Å². The van der Waals surface area contributed by atoms with Crippen LogP contribution in [0.3, 0.4) is 0 Å². The third-order valence-corrected chi connectivity index (χ3v) is 6.87. The van der Waals surface area contributed by atoms with Crippen molar-refractivity contribution in [3.8, 4) is 0 Å². The number of aromatic nitrogens is 1. The van der Waals surface area contributed by atoms with Crippen LogP contribution in [0.1, 0.15) is 10.4 Å². The lowest BCUT2D eigenvalue weighted by Crippen LogP contribution is -2.43. The van der Waals surface area contributed by atoms with Crippen molar-refractivity contribution >= 4 is 62.4 Å². The summed E-state index contributed by atoms with van der Waals surface area (Å²) in [4.78, 5) is 33.8. The number of halogens is 1. The van der Waals surface area contributed by atoms with Crippen molar-refractivity contribution in [2.24, 2.45) is 0 Å². The van der Waals surface area contributed by atoms with Crippen molar-refractivity contribution in [1.29, 1.82) is 0 Å². The number of rotatable bonds is 7. The Morgan fingerprint density at radius 2 is 2.06 bits per heavy atom. The van der Waals surface area contributed by atoms with Gasteiger partial charge in [0, 0.05) is 48.8 Å². The minimum atomic E-state index is -0.490. The molecule has 1 aromatic heterocycles. The van der Waals surface area contributed by atoms with E-state index in [-0.39, 0.29) is 29.6 Å². The summed E-state index contributed by atoms with van der Waals surface area (Å²) in [5.41, 5.74) is 1.01. The molecule has 0 N–H and O–H groups in total. The molecule has 0 radical (unpaired) electrons. The van der Waals surface area contributed by atoms with Crippen molar-refractivity contribution in [1.82, 2.24) is 9.88 Å². The van der Waals surface area contributed by atoms with Crippen LogP contribution in [0, 0.1) is 10.1 Å². The number of nitrogens with zero attached hydrogens (tertiary/aromatic N) is 4. The van der Waals surface area contributed by atoms with Crippen LogP contribution in [0.2, 0.25) is 0 Å². The SMILES string of the molecule is CSc1ccc2nc(N(CCN3CCOCC3)C(=O)c3cccc([N+](=O)[O-])c3)sc2c1.Cl. The Labute approximate surface area is 200 Å². The van der Waals surface area contributed by atoms with Gasteiger partial charge in [0.25, 0.3) is 11.6 Å². The number of nitro benzene ring substituents is 1. The number of ether oxygens (including phenoxy) is 1. The molecule has 0 aliphatic carbocycles. The molecule has 1 amide bonds. The second-order valence-electron chi connectivity index (χ2n) is 7.05. The Balaban J connectivity index is 0.00000289. The predicted molar refractivity (Wildman–Crippen MR) is 131 cm³/mol. The maximum atomic E-state index is 13.4. The number of non-ortho nitro benzene ring substituents is 1. The first-order chi connectivity index (χ1) is 15.0. The van der Waals surface area contributed by atoms with Crippen molar-refractivity contribution in [3.63, 3.8) is 0 Å². The average Bonchev–Trinajstić information content (AvgIpc) is 3.22. The Kier molecular flexibility index (Phi) is 8.44. The average molecular weight is 495 g/mol. The molecule has 0 bridgehead atoms. The molecular weight excluding hydrogens is 472 g/mol. The maximum Gasteiger partial charge on any atom is 0.270 e. The van der Waals surface area contributed by atoms with Gasteiger partial charge in [-0.1, -0.05) is 17.4 Å². The van der Waals surface area contributed by atoms with Crippen LogP contribution >= 0.6 is 35.5 Å². The minimum Gasteiger partial charge on any atom is -0.379 e. The summed E-state index contributed by atoms with van der Waals surface area (Å²) >= 11 is 3.11. The Morgan fingerprint density at radius 1 is 1.28 bits per heavy atom. The Hall–Kier alpha value is -2.24. The summed E-state index contributed by atoms with van der Waals surface area (Å²) < 4.78 is 6.41. The fourth-order valence-corrected chi connectivity index (χ4v) is 4.94. The summed E-state index contributed by atoms with van der Waals surface area (Å²) in [5.74, 6) is -0.291. The number of benzene rings is 2. The number of morpholine rings is 1. The van der Waals surface area contributed by atoms with E-state index in [1.165, 1.54) is 29.5 Å². The molecular formula is C21H23ClN4O4S2. The van der Waals surface area contributed by atoms with Crippen LogP contribution in [0.5, 0.6) is 0 Å². The third kappa shape index (κ3) is 5.57. The lowest BCUT2D eigenvalue weighted by Gasteiger charge is -2.29. The number of fused-ring (bicyclic) bond motifs is 1.